The number of hydrogen-bond acceptors (Lipinski definition) is 3. The van der Waals surface area contributed by atoms with E-state index in [2.05, 4.69) is 4.98 Å². The summed E-state index contributed by atoms with van der Waals surface area (Å²) in [6.07, 6.45) is 10.8. The number of aromatic nitrogens is 1. The van der Waals surface area contributed by atoms with E-state index in [1.165, 1.54) is 24.8 Å². The highest BCUT2D eigenvalue weighted by Crippen LogP contribution is 2.23. The maximum absolute atomic E-state index is 12.0. The number of nitrogens with zero attached hydrogens (tertiary/aromatic N) is 1. The van der Waals surface area contributed by atoms with Gasteiger partial charge in [-0.15, -0.1) is 0 Å². The van der Waals surface area contributed by atoms with Crippen molar-refractivity contribution >= 4 is 5.78 Å². The minimum absolute atomic E-state index is 0.0355. The van der Waals surface area contributed by atoms with E-state index in [1.54, 1.807) is 31.6 Å². The molecule has 1 saturated carbocycles. The number of ether oxygens (including phenoxy) is 1. The summed E-state index contributed by atoms with van der Waals surface area (Å²) in [7, 11) is 1.57. The number of methoxy groups -OCH3 is 1. The molecule has 0 unspecified atom stereocenters. The molecular formula is C14H17NO2. The highest BCUT2D eigenvalue weighted by atomic mass is 16.5. The summed E-state index contributed by atoms with van der Waals surface area (Å²) in [5.41, 5.74) is 1.87. The fourth-order valence-electron chi connectivity index (χ4n) is 2.08. The first kappa shape index (κ1) is 11.8. The van der Waals surface area contributed by atoms with Crippen LogP contribution >= 0.6 is 0 Å². The van der Waals surface area contributed by atoms with Gasteiger partial charge in [-0.2, -0.15) is 0 Å². The molecule has 0 aromatic carbocycles. The molecule has 0 N–H and O–H groups in total. The van der Waals surface area contributed by atoms with Crippen molar-refractivity contribution in [3.63, 3.8) is 0 Å². The first-order chi connectivity index (χ1) is 8.29. The van der Waals surface area contributed by atoms with Crippen molar-refractivity contribution in [2.45, 2.75) is 32.1 Å². The standard InChI is InChI=1S/C14H17NO2/c1-17-13-8-12(9-15-10-13)14(16)7-11-5-3-2-4-6-11/h7-10H,2-6H2,1H3. The first-order valence-electron chi connectivity index (χ1n) is 6.02. The Morgan fingerprint density at radius 3 is 2.76 bits per heavy atom. The predicted octanol–water partition coefficient (Wildman–Crippen LogP) is 3.16. The van der Waals surface area contributed by atoms with Gasteiger partial charge in [0.25, 0.3) is 0 Å². The van der Waals surface area contributed by atoms with Crippen LogP contribution in [0.1, 0.15) is 42.5 Å². The van der Waals surface area contributed by atoms with Crippen LogP contribution < -0.4 is 4.74 Å². The summed E-state index contributed by atoms with van der Waals surface area (Å²) >= 11 is 0. The molecule has 3 heteroatoms. The van der Waals surface area contributed by atoms with Gasteiger partial charge in [0, 0.05) is 11.8 Å². The second-order valence-electron chi connectivity index (χ2n) is 4.34. The number of carbonyl (C=O) groups is 1. The molecule has 90 valence electrons. The summed E-state index contributed by atoms with van der Waals surface area (Å²) in [6, 6.07) is 1.73. The molecule has 3 nitrogen and oxygen atoms in total. The Morgan fingerprint density at radius 1 is 1.29 bits per heavy atom. The molecule has 0 spiro atoms. The van der Waals surface area contributed by atoms with Gasteiger partial charge in [-0.25, -0.2) is 0 Å². The van der Waals surface area contributed by atoms with Crippen molar-refractivity contribution in [3.05, 3.63) is 35.7 Å². The van der Waals surface area contributed by atoms with Gasteiger partial charge in [0.15, 0.2) is 5.78 Å². The van der Waals surface area contributed by atoms with E-state index in [4.69, 9.17) is 4.74 Å². The molecule has 0 radical (unpaired) electrons. The molecule has 1 heterocycles. The van der Waals surface area contributed by atoms with Crippen LogP contribution in [0.25, 0.3) is 0 Å². The van der Waals surface area contributed by atoms with E-state index in [9.17, 15) is 4.79 Å². The Hall–Kier alpha value is -1.64. The lowest BCUT2D eigenvalue weighted by Gasteiger charge is -2.12. The summed E-state index contributed by atoms with van der Waals surface area (Å²) in [4.78, 5) is 16.0. The molecule has 2 rings (SSSR count). The van der Waals surface area contributed by atoms with Crippen LogP contribution in [0.3, 0.4) is 0 Å². The highest BCUT2D eigenvalue weighted by molar-refractivity contribution is 6.04. The van der Waals surface area contributed by atoms with Crippen molar-refractivity contribution < 1.29 is 9.53 Å². The Labute approximate surface area is 102 Å². The number of hydrogen-bond donors (Lipinski definition) is 0. The molecule has 1 aliphatic rings. The zero-order chi connectivity index (χ0) is 12.1. The number of pyridine rings is 1. The maximum Gasteiger partial charge on any atom is 0.187 e. The molecule has 17 heavy (non-hydrogen) atoms. The summed E-state index contributed by atoms with van der Waals surface area (Å²) in [5.74, 6) is 0.659. The van der Waals surface area contributed by atoms with Crippen molar-refractivity contribution in [1.82, 2.24) is 4.98 Å². The van der Waals surface area contributed by atoms with Crippen molar-refractivity contribution in [2.75, 3.05) is 7.11 Å². The number of ketones is 1. The zero-order valence-electron chi connectivity index (χ0n) is 10.1. The molecule has 0 bridgehead atoms. The molecule has 0 amide bonds. The summed E-state index contributed by atoms with van der Waals surface area (Å²) in [6.45, 7) is 0. The average Bonchev–Trinajstić information content (AvgIpc) is 2.40. The third-order valence-corrected chi connectivity index (χ3v) is 3.06. The first-order valence-corrected chi connectivity index (χ1v) is 6.02. The van der Waals surface area contributed by atoms with Crippen molar-refractivity contribution in [3.8, 4) is 5.75 Å². The topological polar surface area (TPSA) is 39.2 Å². The SMILES string of the molecule is COc1cncc(C(=O)C=C2CCCCC2)c1. The fraction of sp³-hybridized carbons (Fsp3) is 0.429. The number of allylic oxidation sites excluding steroid dienone is 2. The van der Waals surface area contributed by atoms with E-state index in [-0.39, 0.29) is 5.78 Å². The maximum atomic E-state index is 12.0. The third-order valence-electron chi connectivity index (χ3n) is 3.06. The highest BCUT2D eigenvalue weighted by Gasteiger charge is 2.09. The van der Waals surface area contributed by atoms with E-state index < -0.39 is 0 Å². The normalized spacial score (nSPS) is 15.5. The molecule has 1 aliphatic carbocycles. The smallest absolute Gasteiger partial charge is 0.187 e. The van der Waals surface area contributed by atoms with E-state index in [1.807, 2.05) is 0 Å². The van der Waals surface area contributed by atoms with Gasteiger partial charge in [0.1, 0.15) is 5.75 Å². The Kier molecular flexibility index (Phi) is 3.91. The molecule has 0 aliphatic heterocycles. The predicted molar refractivity (Wildman–Crippen MR) is 66.3 cm³/mol. The van der Waals surface area contributed by atoms with Crippen molar-refractivity contribution in [2.24, 2.45) is 0 Å². The lowest BCUT2D eigenvalue weighted by Crippen LogP contribution is -2.01. The largest absolute Gasteiger partial charge is 0.495 e. The van der Waals surface area contributed by atoms with Gasteiger partial charge in [-0.05, 0) is 37.8 Å². The van der Waals surface area contributed by atoms with Gasteiger partial charge in [0.05, 0.1) is 13.3 Å². The van der Waals surface area contributed by atoms with Gasteiger partial charge in [-0.1, -0.05) is 12.0 Å². The Morgan fingerprint density at radius 2 is 2.06 bits per heavy atom. The summed E-state index contributed by atoms with van der Waals surface area (Å²) < 4.78 is 5.06. The van der Waals surface area contributed by atoms with Crippen LogP contribution in [0.5, 0.6) is 5.75 Å². The average molecular weight is 231 g/mol. The molecule has 1 aromatic heterocycles. The van der Waals surface area contributed by atoms with Crippen LogP contribution in [-0.4, -0.2) is 17.9 Å². The molecule has 0 saturated heterocycles. The minimum atomic E-state index is 0.0355. The number of rotatable bonds is 3. The van der Waals surface area contributed by atoms with Crippen LogP contribution in [0, 0.1) is 0 Å². The van der Waals surface area contributed by atoms with Crippen LogP contribution in [-0.2, 0) is 0 Å². The van der Waals surface area contributed by atoms with Crippen molar-refractivity contribution in [1.29, 1.82) is 0 Å². The second-order valence-corrected chi connectivity index (χ2v) is 4.34. The molecule has 1 fully saturated rings. The van der Waals surface area contributed by atoms with Gasteiger partial charge >= 0.3 is 0 Å². The lowest BCUT2D eigenvalue weighted by atomic mass is 9.93. The van der Waals surface area contributed by atoms with E-state index in [0.717, 1.165) is 12.8 Å². The molecule has 1 aromatic rings. The zero-order valence-corrected chi connectivity index (χ0v) is 10.1. The Balaban J connectivity index is 2.13. The summed E-state index contributed by atoms with van der Waals surface area (Å²) in [5, 5.41) is 0. The van der Waals surface area contributed by atoms with Gasteiger partial charge in [0.2, 0.25) is 0 Å². The minimum Gasteiger partial charge on any atom is -0.495 e. The second kappa shape index (κ2) is 5.62. The van der Waals surface area contributed by atoms with Crippen LogP contribution in [0.2, 0.25) is 0 Å². The molecule has 0 atom stereocenters. The number of carbonyl (C=O) groups excluding carboxylic acids is 1. The van der Waals surface area contributed by atoms with E-state index >= 15 is 0 Å². The molecular weight excluding hydrogens is 214 g/mol. The van der Waals surface area contributed by atoms with Crippen LogP contribution in [0.15, 0.2) is 30.1 Å². The lowest BCUT2D eigenvalue weighted by molar-refractivity contribution is 0.104. The Bertz CT molecular complexity index is 430. The van der Waals surface area contributed by atoms with E-state index in [0.29, 0.717) is 11.3 Å². The van der Waals surface area contributed by atoms with Crippen LogP contribution in [0.4, 0.5) is 0 Å². The third kappa shape index (κ3) is 3.16. The monoisotopic (exact) mass is 231 g/mol. The van der Waals surface area contributed by atoms with Gasteiger partial charge < -0.3 is 4.74 Å². The quantitative estimate of drug-likeness (QED) is 0.592. The fourth-order valence-corrected chi connectivity index (χ4v) is 2.08. The van der Waals surface area contributed by atoms with Gasteiger partial charge in [-0.3, -0.25) is 9.78 Å².